The number of hydrogen-bond donors (Lipinski definition) is 5. The first-order valence-electron chi connectivity index (χ1n) is 19.1. The number of aromatic carboxylic acids is 2. The summed E-state index contributed by atoms with van der Waals surface area (Å²) in [5, 5.41) is 48.7. The minimum atomic E-state index is -4.64. The molecule has 0 spiro atoms. The van der Waals surface area contributed by atoms with Gasteiger partial charge in [-0.15, -0.1) is 0 Å². The van der Waals surface area contributed by atoms with E-state index in [0.717, 1.165) is 47.5 Å². The number of benzene rings is 4. The number of carbonyl (C=O) groups excluding carboxylic acids is 1. The third-order valence-electron chi connectivity index (χ3n) is 9.61. The summed E-state index contributed by atoms with van der Waals surface area (Å²) in [7, 11) is -3.51. The number of esters is 1. The van der Waals surface area contributed by atoms with E-state index in [9.17, 15) is 47.8 Å². The molecule has 6 rings (SSSR count). The van der Waals surface area contributed by atoms with Crippen molar-refractivity contribution in [2.45, 2.75) is 64.2 Å². The summed E-state index contributed by atoms with van der Waals surface area (Å²) in [6, 6.07) is 24.2. The number of ether oxygens (including phenoxy) is 1. The van der Waals surface area contributed by atoms with E-state index in [0.29, 0.717) is 22.6 Å². The number of rotatable bonds is 10. The molecule has 4 aromatic carbocycles. The number of aromatic nitrogens is 4. The fourth-order valence-electron chi connectivity index (χ4n) is 6.03. The molecule has 0 bridgehead atoms. The largest absolute Gasteiger partial charge is 0.493 e. The van der Waals surface area contributed by atoms with Crippen molar-refractivity contribution in [1.82, 2.24) is 19.6 Å². The molecule has 5 N–H and O–H groups in total. The van der Waals surface area contributed by atoms with E-state index in [4.69, 9.17) is 4.74 Å². The standard InChI is InChI=1S/C23H23N3O8S.C22H23N3O3.Cr/c1-23(2,3)13-5-7-14(8-6-13)26-20(27)17(19(25-26)22(30)34-4)12-24-18-10-9-15(35(31,32)33)11-16(18)21(28)29;1-14-18(13-23-19-8-6-5-7-17(19)21(27)28)20(26)25(24-14)16-11-9-15(10-12-16)22(2,3)4;/h5-12,27H,1-4H3,(H,28,29)(H,31,32,33);5-13,26H,1-4H3,(H,27,28);. The molecular formula is C45H46CrN6O11S. The Morgan fingerprint density at radius 3 is 1.59 bits per heavy atom. The monoisotopic (exact) mass is 930 g/mol. The minimum Gasteiger partial charge on any atom is -0.493 e. The smallest absolute Gasteiger partial charge is 0.359 e. The molecule has 0 aliphatic carbocycles. The number of aliphatic imine (C=N–C) groups is 2. The van der Waals surface area contributed by atoms with Gasteiger partial charge in [-0.1, -0.05) is 77.9 Å². The van der Waals surface area contributed by atoms with Crippen molar-refractivity contribution in [3.8, 4) is 23.1 Å². The van der Waals surface area contributed by atoms with Crippen LogP contribution in [-0.4, -0.2) is 90.4 Å². The summed E-state index contributed by atoms with van der Waals surface area (Å²) < 4.78 is 39.1. The van der Waals surface area contributed by atoms with Gasteiger partial charge in [0.05, 0.1) is 62.7 Å². The predicted molar refractivity (Wildman–Crippen MR) is 235 cm³/mol. The predicted octanol–water partition coefficient (Wildman–Crippen LogP) is 7.99. The molecular weight excluding hydrogens is 885 g/mol. The number of methoxy groups -OCH3 is 1. The average molecular weight is 931 g/mol. The molecule has 0 fully saturated rings. The number of aromatic hydroxyl groups is 2. The molecule has 0 amide bonds. The molecule has 17 nitrogen and oxygen atoms in total. The SMILES string of the molecule is COC(=O)c1nn(-c2ccc(C(C)(C)C)cc2)c(O)c1C=Nc1ccc(S(=O)(=O)O)cc1C(=O)O.Cc1nn(-c2ccc(C(C)(C)C)cc2)c(O)c1C=Nc1ccccc1C(=O)O.[Cr]. The molecule has 2 heterocycles. The van der Waals surface area contributed by atoms with Crippen LogP contribution in [0.3, 0.4) is 0 Å². The summed E-state index contributed by atoms with van der Waals surface area (Å²) in [6.45, 7) is 14.3. The minimum absolute atomic E-state index is 0. The zero-order chi connectivity index (χ0) is 46.6. The van der Waals surface area contributed by atoms with Crippen LogP contribution in [0.25, 0.3) is 11.4 Å². The summed E-state index contributed by atoms with van der Waals surface area (Å²) in [5.74, 6) is -3.92. The number of nitrogens with zero attached hydrogens (tertiary/aromatic N) is 6. The molecule has 19 heteroatoms. The summed E-state index contributed by atoms with van der Waals surface area (Å²) in [4.78, 5) is 42.8. The fraction of sp³-hybridized carbons (Fsp3) is 0.222. The van der Waals surface area contributed by atoms with E-state index in [1.807, 2.05) is 57.2 Å². The van der Waals surface area contributed by atoms with Gasteiger partial charge in [0, 0.05) is 29.8 Å². The molecule has 334 valence electrons. The maximum atomic E-state index is 12.3. The fourth-order valence-corrected chi connectivity index (χ4v) is 6.53. The molecule has 0 aliphatic heterocycles. The zero-order valence-electron chi connectivity index (χ0n) is 36.0. The molecule has 0 saturated carbocycles. The Morgan fingerprint density at radius 2 is 1.12 bits per heavy atom. The molecule has 6 aromatic rings. The summed E-state index contributed by atoms with van der Waals surface area (Å²) >= 11 is 0. The van der Waals surface area contributed by atoms with E-state index in [1.165, 1.54) is 22.5 Å². The van der Waals surface area contributed by atoms with Crippen LogP contribution in [0, 0.1) is 6.92 Å². The molecule has 0 saturated heterocycles. The normalized spacial score (nSPS) is 11.8. The van der Waals surface area contributed by atoms with Gasteiger partial charge in [0.25, 0.3) is 10.1 Å². The quantitative estimate of drug-likeness (QED) is 0.0497. The Labute approximate surface area is 379 Å². The van der Waals surface area contributed by atoms with Crippen LogP contribution < -0.4 is 0 Å². The Hall–Kier alpha value is -6.91. The van der Waals surface area contributed by atoms with Gasteiger partial charge in [-0.2, -0.15) is 23.3 Å². The summed E-state index contributed by atoms with van der Waals surface area (Å²) in [6.07, 6.45) is 2.46. The summed E-state index contributed by atoms with van der Waals surface area (Å²) in [5.41, 5.74) is 3.65. The zero-order valence-corrected chi connectivity index (χ0v) is 38.1. The van der Waals surface area contributed by atoms with Gasteiger partial charge in [0.1, 0.15) is 0 Å². The second-order valence-electron chi connectivity index (χ2n) is 16.1. The van der Waals surface area contributed by atoms with Crippen LogP contribution in [0.5, 0.6) is 11.8 Å². The van der Waals surface area contributed by atoms with E-state index >= 15 is 0 Å². The van der Waals surface area contributed by atoms with E-state index in [1.54, 1.807) is 37.3 Å². The first-order valence-corrected chi connectivity index (χ1v) is 20.5. The number of para-hydroxylation sites is 1. The van der Waals surface area contributed by atoms with Crippen molar-refractivity contribution >= 4 is 51.8 Å². The van der Waals surface area contributed by atoms with E-state index < -0.39 is 44.4 Å². The number of carbonyl (C=O) groups is 3. The van der Waals surface area contributed by atoms with Crippen LogP contribution in [0.2, 0.25) is 0 Å². The Balaban J connectivity index is 0.000000283. The number of hydrogen-bond acceptors (Lipinski definition) is 12. The van der Waals surface area contributed by atoms with Gasteiger partial charge in [-0.3, -0.25) is 14.5 Å². The van der Waals surface area contributed by atoms with Crippen molar-refractivity contribution in [2.24, 2.45) is 9.98 Å². The topological polar surface area (TPSA) is 256 Å². The van der Waals surface area contributed by atoms with Crippen molar-refractivity contribution in [1.29, 1.82) is 0 Å². The average Bonchev–Trinajstić information content (AvgIpc) is 3.71. The van der Waals surface area contributed by atoms with Crippen LogP contribution in [0.1, 0.15) is 101 Å². The first-order chi connectivity index (χ1) is 29.4. The van der Waals surface area contributed by atoms with Gasteiger partial charge in [-0.25, -0.2) is 19.1 Å². The number of carboxylic acid groups (broad SMARTS) is 2. The third kappa shape index (κ3) is 11.4. The second kappa shape index (κ2) is 19.6. The van der Waals surface area contributed by atoms with E-state index in [2.05, 4.69) is 41.0 Å². The van der Waals surface area contributed by atoms with Crippen LogP contribution >= 0.6 is 0 Å². The third-order valence-corrected chi connectivity index (χ3v) is 10.5. The first kappa shape index (κ1) is 49.7. The molecule has 0 atom stereocenters. The van der Waals surface area contributed by atoms with Crippen molar-refractivity contribution < 1.29 is 69.9 Å². The van der Waals surface area contributed by atoms with Crippen molar-refractivity contribution in [3.63, 3.8) is 0 Å². The van der Waals surface area contributed by atoms with Gasteiger partial charge in [0.15, 0.2) is 5.69 Å². The molecule has 0 radical (unpaired) electrons. The number of aryl methyl sites for hydroxylation is 1. The Morgan fingerprint density at radius 1 is 0.672 bits per heavy atom. The maximum absolute atomic E-state index is 12.3. The molecule has 2 aromatic heterocycles. The van der Waals surface area contributed by atoms with Gasteiger partial charge in [-0.05, 0) is 83.5 Å². The van der Waals surface area contributed by atoms with Crippen molar-refractivity contribution in [3.05, 3.63) is 136 Å². The van der Waals surface area contributed by atoms with Crippen LogP contribution in [0.15, 0.2) is 106 Å². The maximum Gasteiger partial charge on any atom is 0.359 e. The molecule has 0 unspecified atom stereocenters. The van der Waals surface area contributed by atoms with Crippen LogP contribution in [-0.2, 0) is 43.0 Å². The van der Waals surface area contributed by atoms with Gasteiger partial charge < -0.3 is 25.2 Å². The van der Waals surface area contributed by atoms with Crippen molar-refractivity contribution in [2.75, 3.05) is 7.11 Å². The molecule has 0 aliphatic rings. The Kier molecular flexibility index (Phi) is 15.3. The van der Waals surface area contributed by atoms with Gasteiger partial charge in [0.2, 0.25) is 11.8 Å². The van der Waals surface area contributed by atoms with Gasteiger partial charge >= 0.3 is 17.9 Å². The van der Waals surface area contributed by atoms with Crippen LogP contribution in [0.4, 0.5) is 11.4 Å². The number of carboxylic acids is 2. The van der Waals surface area contributed by atoms with E-state index in [-0.39, 0.29) is 56.6 Å². The Bertz CT molecular complexity index is 2870. The second-order valence-corrected chi connectivity index (χ2v) is 17.5. The molecule has 64 heavy (non-hydrogen) atoms.